The standard InChI is InChI=1S/C28H28N3P/c1-21(29-20-28-30-25-17-9-10-18-26(25)31(28)2)24-16-11-19-27(24)32(22-12-5-3-6-13-22)23-14-7-4-8-15-23/h3-19,21,24,29H,20H2,1-2H3/t21-,24?/m0/s1. The van der Waals surface area contributed by atoms with Gasteiger partial charge in [0.15, 0.2) is 0 Å². The summed E-state index contributed by atoms with van der Waals surface area (Å²) in [6.45, 7) is 3.04. The molecule has 0 spiro atoms. The summed E-state index contributed by atoms with van der Waals surface area (Å²) in [7, 11) is 1.53. The lowest BCUT2D eigenvalue weighted by molar-refractivity contribution is 0.475. The lowest BCUT2D eigenvalue weighted by atomic mass is 10.0. The highest BCUT2D eigenvalue weighted by Gasteiger charge is 2.29. The second kappa shape index (κ2) is 9.24. The summed E-state index contributed by atoms with van der Waals surface area (Å²) in [5.41, 5.74) is 2.23. The van der Waals surface area contributed by atoms with E-state index in [0.717, 1.165) is 17.9 Å². The molecule has 3 aromatic carbocycles. The van der Waals surface area contributed by atoms with Gasteiger partial charge < -0.3 is 9.88 Å². The van der Waals surface area contributed by atoms with Gasteiger partial charge in [0, 0.05) is 19.0 Å². The van der Waals surface area contributed by atoms with Gasteiger partial charge in [-0.1, -0.05) is 91.0 Å². The number of fused-ring (bicyclic) bond motifs is 1. The summed E-state index contributed by atoms with van der Waals surface area (Å²) in [5.74, 6) is 1.43. The number of rotatable bonds is 7. The lowest BCUT2D eigenvalue weighted by Gasteiger charge is -2.29. The van der Waals surface area contributed by atoms with Crippen LogP contribution in [0, 0.1) is 5.92 Å². The number of benzene rings is 3. The molecule has 1 aliphatic rings. The molecular weight excluding hydrogens is 409 g/mol. The number of hydrogen-bond acceptors (Lipinski definition) is 2. The zero-order valence-corrected chi connectivity index (χ0v) is 19.4. The number of aryl methyl sites for hydroxylation is 1. The maximum atomic E-state index is 4.83. The molecule has 32 heavy (non-hydrogen) atoms. The summed E-state index contributed by atoms with van der Waals surface area (Å²) >= 11 is 0. The van der Waals surface area contributed by atoms with Crippen LogP contribution in [0.15, 0.2) is 108 Å². The molecule has 4 heteroatoms. The molecule has 4 aromatic rings. The van der Waals surface area contributed by atoms with Crippen LogP contribution in [-0.2, 0) is 13.6 Å². The smallest absolute Gasteiger partial charge is 0.123 e. The molecule has 0 fully saturated rings. The van der Waals surface area contributed by atoms with Crippen LogP contribution in [0.5, 0.6) is 0 Å². The molecule has 1 heterocycles. The minimum atomic E-state index is -0.574. The molecule has 0 saturated carbocycles. The highest BCUT2D eigenvalue weighted by molar-refractivity contribution is 7.76. The highest BCUT2D eigenvalue weighted by atomic mass is 31.1. The van der Waals surface area contributed by atoms with E-state index >= 15 is 0 Å². The first-order valence-corrected chi connectivity index (χ1v) is 12.5. The van der Waals surface area contributed by atoms with Crippen LogP contribution in [0.2, 0.25) is 0 Å². The predicted molar refractivity (Wildman–Crippen MR) is 137 cm³/mol. The number of para-hydroxylation sites is 2. The van der Waals surface area contributed by atoms with E-state index < -0.39 is 7.92 Å². The normalized spacial score (nSPS) is 16.6. The SMILES string of the molecule is C[C@H](NCc1nc2ccccc2n1C)C1C=CC=C1P(c1ccccc1)c1ccccc1. The lowest BCUT2D eigenvalue weighted by Crippen LogP contribution is -2.34. The Hall–Kier alpha value is -3.00. The quantitative estimate of drug-likeness (QED) is 0.400. The van der Waals surface area contributed by atoms with Gasteiger partial charge >= 0.3 is 0 Å². The van der Waals surface area contributed by atoms with Gasteiger partial charge in [-0.2, -0.15) is 0 Å². The fourth-order valence-corrected chi connectivity index (χ4v) is 7.14. The molecule has 1 unspecified atom stereocenters. The van der Waals surface area contributed by atoms with Gasteiger partial charge in [0.1, 0.15) is 5.82 Å². The molecule has 0 amide bonds. The van der Waals surface area contributed by atoms with E-state index in [9.17, 15) is 0 Å². The third-order valence-corrected chi connectivity index (χ3v) is 8.81. The van der Waals surface area contributed by atoms with Crippen molar-refractivity contribution in [1.29, 1.82) is 0 Å². The van der Waals surface area contributed by atoms with Crippen molar-refractivity contribution in [2.75, 3.05) is 0 Å². The van der Waals surface area contributed by atoms with Crippen molar-refractivity contribution in [3.63, 3.8) is 0 Å². The number of nitrogens with one attached hydrogen (secondary N) is 1. The molecule has 3 nitrogen and oxygen atoms in total. The van der Waals surface area contributed by atoms with Gasteiger partial charge in [-0.25, -0.2) is 4.98 Å². The van der Waals surface area contributed by atoms with Crippen LogP contribution in [0.25, 0.3) is 11.0 Å². The molecule has 1 aliphatic carbocycles. The van der Waals surface area contributed by atoms with E-state index in [0.29, 0.717) is 12.0 Å². The van der Waals surface area contributed by atoms with Crippen molar-refractivity contribution in [1.82, 2.24) is 14.9 Å². The van der Waals surface area contributed by atoms with E-state index in [1.807, 2.05) is 6.07 Å². The first-order valence-electron chi connectivity index (χ1n) is 11.1. The Labute approximate surface area is 191 Å². The Kier molecular flexibility index (Phi) is 6.03. The zero-order chi connectivity index (χ0) is 21.9. The number of allylic oxidation sites excluding steroid dienone is 2. The molecule has 2 atom stereocenters. The number of aromatic nitrogens is 2. The Morgan fingerprint density at radius 1 is 0.906 bits per heavy atom. The van der Waals surface area contributed by atoms with Gasteiger partial charge in [-0.15, -0.1) is 0 Å². The van der Waals surface area contributed by atoms with Crippen LogP contribution < -0.4 is 15.9 Å². The topological polar surface area (TPSA) is 29.9 Å². The van der Waals surface area contributed by atoms with Crippen molar-refractivity contribution >= 4 is 29.6 Å². The van der Waals surface area contributed by atoms with Gasteiger partial charge in [-0.05, 0) is 42.9 Å². The molecule has 0 radical (unpaired) electrons. The van der Waals surface area contributed by atoms with Crippen molar-refractivity contribution in [2.24, 2.45) is 13.0 Å². The van der Waals surface area contributed by atoms with Crippen LogP contribution in [-0.4, -0.2) is 15.6 Å². The van der Waals surface area contributed by atoms with E-state index in [1.54, 1.807) is 0 Å². The summed E-state index contributed by atoms with van der Waals surface area (Å²) in [6, 6.07) is 30.5. The molecule has 160 valence electrons. The second-order valence-corrected chi connectivity index (χ2v) is 10.5. The average molecular weight is 438 g/mol. The van der Waals surface area contributed by atoms with Crippen LogP contribution in [0.3, 0.4) is 0 Å². The minimum absolute atomic E-state index is 0.303. The summed E-state index contributed by atoms with van der Waals surface area (Å²) in [4.78, 5) is 4.83. The largest absolute Gasteiger partial charge is 0.330 e. The van der Waals surface area contributed by atoms with E-state index in [1.165, 1.54) is 21.4 Å². The second-order valence-electron chi connectivity index (χ2n) is 8.25. The molecular formula is C28H28N3P. The molecule has 0 bridgehead atoms. The van der Waals surface area contributed by atoms with Gasteiger partial charge in [0.25, 0.3) is 0 Å². The van der Waals surface area contributed by atoms with Crippen LogP contribution in [0.4, 0.5) is 0 Å². The van der Waals surface area contributed by atoms with E-state index in [2.05, 4.69) is 121 Å². The van der Waals surface area contributed by atoms with Crippen LogP contribution in [0.1, 0.15) is 12.7 Å². The Balaban J connectivity index is 1.38. The zero-order valence-electron chi connectivity index (χ0n) is 18.5. The first-order chi connectivity index (χ1) is 15.7. The van der Waals surface area contributed by atoms with Crippen molar-refractivity contribution in [3.8, 4) is 0 Å². The van der Waals surface area contributed by atoms with Crippen LogP contribution >= 0.6 is 7.92 Å². The fraction of sp³-hybridized carbons (Fsp3) is 0.179. The molecule has 1 N–H and O–H groups in total. The number of imidazole rings is 1. The molecule has 0 aliphatic heterocycles. The van der Waals surface area contributed by atoms with E-state index in [-0.39, 0.29) is 0 Å². The van der Waals surface area contributed by atoms with Crippen molar-refractivity contribution < 1.29 is 0 Å². The van der Waals surface area contributed by atoms with E-state index in [4.69, 9.17) is 4.98 Å². The molecule has 0 saturated heterocycles. The molecule has 5 rings (SSSR count). The third kappa shape index (κ3) is 4.07. The molecule has 1 aromatic heterocycles. The average Bonchev–Trinajstić information content (AvgIpc) is 3.44. The van der Waals surface area contributed by atoms with Gasteiger partial charge in [-0.3, -0.25) is 0 Å². The van der Waals surface area contributed by atoms with Gasteiger partial charge in [0.2, 0.25) is 0 Å². The fourth-order valence-electron chi connectivity index (χ4n) is 4.46. The monoisotopic (exact) mass is 437 g/mol. The number of nitrogens with zero attached hydrogens (tertiary/aromatic N) is 2. The summed E-state index contributed by atoms with van der Waals surface area (Å²) in [6.07, 6.45) is 6.92. The minimum Gasteiger partial charge on any atom is -0.330 e. The summed E-state index contributed by atoms with van der Waals surface area (Å²) in [5, 5.41) is 8.07. The maximum Gasteiger partial charge on any atom is 0.123 e. The third-order valence-electron chi connectivity index (χ3n) is 6.21. The maximum absolute atomic E-state index is 4.83. The predicted octanol–water partition coefficient (Wildman–Crippen LogP) is 5.25. The number of hydrogen-bond donors (Lipinski definition) is 1. The van der Waals surface area contributed by atoms with Gasteiger partial charge in [0.05, 0.1) is 17.6 Å². The Morgan fingerprint density at radius 3 is 2.19 bits per heavy atom. The Bertz CT molecular complexity index is 1220. The Morgan fingerprint density at radius 2 is 1.53 bits per heavy atom. The highest BCUT2D eigenvalue weighted by Crippen LogP contribution is 2.49. The van der Waals surface area contributed by atoms with Crippen molar-refractivity contribution in [3.05, 3.63) is 114 Å². The first kappa shape index (κ1) is 20.9. The van der Waals surface area contributed by atoms with Crippen molar-refractivity contribution in [2.45, 2.75) is 19.5 Å². The summed E-state index contributed by atoms with van der Waals surface area (Å²) < 4.78 is 2.19.